The maximum absolute atomic E-state index is 12.6. The molecule has 1 amide bonds. The van der Waals surface area contributed by atoms with Crippen molar-refractivity contribution >= 4 is 22.9 Å². The molecule has 7 heteroatoms. The van der Waals surface area contributed by atoms with Crippen LogP contribution in [-0.2, 0) is 4.79 Å². The summed E-state index contributed by atoms with van der Waals surface area (Å²) in [7, 11) is 1.79. The number of aromatic nitrogens is 1. The first-order valence-electron chi connectivity index (χ1n) is 10.3. The molecule has 0 unspecified atom stereocenters. The quantitative estimate of drug-likeness (QED) is 0.447. The first kappa shape index (κ1) is 21.2. The fourth-order valence-corrected chi connectivity index (χ4v) is 3.66. The van der Waals surface area contributed by atoms with Crippen LogP contribution in [0.25, 0.3) is 21.9 Å². The number of carbonyl (C=O) groups excluding carboxylic acids is 1. The second-order valence-corrected chi connectivity index (χ2v) is 7.58. The third kappa shape index (κ3) is 4.36. The highest BCUT2D eigenvalue weighted by atomic mass is 16.5. The average Bonchev–Trinajstić information content (AvgIpc) is 2.81. The smallest absolute Gasteiger partial charge is 0.255 e. The summed E-state index contributed by atoms with van der Waals surface area (Å²) in [6, 6.07) is 15.6. The van der Waals surface area contributed by atoms with Crippen molar-refractivity contribution in [2.45, 2.75) is 6.10 Å². The molecule has 0 atom stereocenters. The van der Waals surface area contributed by atoms with Gasteiger partial charge in [0.15, 0.2) is 0 Å². The van der Waals surface area contributed by atoms with Gasteiger partial charge in [-0.15, -0.1) is 0 Å². The van der Waals surface area contributed by atoms with Gasteiger partial charge in [-0.05, 0) is 53.9 Å². The molecular formula is C25H23N5O2. The van der Waals surface area contributed by atoms with Gasteiger partial charge < -0.3 is 20.4 Å². The van der Waals surface area contributed by atoms with Crippen LogP contribution >= 0.6 is 0 Å². The lowest BCUT2D eigenvalue weighted by molar-refractivity contribution is -0.135. The molecule has 0 radical (unpaired) electrons. The number of nitrogens with one attached hydrogen (secondary N) is 2. The van der Waals surface area contributed by atoms with Crippen LogP contribution in [0.2, 0.25) is 0 Å². The van der Waals surface area contributed by atoms with E-state index in [0.717, 1.165) is 28.1 Å². The molecule has 2 N–H and O–H groups in total. The molecule has 1 saturated heterocycles. The molecule has 3 aromatic rings. The molecule has 4 rings (SSSR count). The van der Waals surface area contributed by atoms with Crippen molar-refractivity contribution in [1.29, 1.82) is 10.7 Å². The highest BCUT2D eigenvalue weighted by Crippen LogP contribution is 2.34. The average molecular weight is 425 g/mol. The summed E-state index contributed by atoms with van der Waals surface area (Å²) in [6.45, 7) is 1.45. The highest BCUT2D eigenvalue weighted by Gasteiger charge is 2.33. The molecule has 2 aromatic carbocycles. The van der Waals surface area contributed by atoms with Crippen molar-refractivity contribution < 1.29 is 9.53 Å². The van der Waals surface area contributed by atoms with E-state index < -0.39 is 0 Å². The molecule has 0 spiro atoms. The zero-order valence-corrected chi connectivity index (χ0v) is 17.7. The zero-order valence-electron chi connectivity index (χ0n) is 17.7. The summed E-state index contributed by atoms with van der Waals surface area (Å²) in [4.78, 5) is 18.5. The number of hydrogen-bond acceptors (Lipinski definition) is 6. The Bertz CT molecular complexity index is 1240. The summed E-state index contributed by atoms with van der Waals surface area (Å²) in [5, 5.41) is 21.6. The van der Waals surface area contributed by atoms with Crippen LogP contribution in [0.4, 0.5) is 0 Å². The lowest BCUT2D eigenvalue weighted by atomic mass is 10.00. The Morgan fingerprint density at radius 2 is 2.16 bits per heavy atom. The minimum atomic E-state index is -0.163. The van der Waals surface area contributed by atoms with Gasteiger partial charge in [0.1, 0.15) is 11.9 Å². The van der Waals surface area contributed by atoms with E-state index in [1.165, 1.54) is 0 Å². The number of likely N-dealkylation sites (tertiary alicyclic amines) is 1. The van der Waals surface area contributed by atoms with E-state index in [1.54, 1.807) is 36.5 Å². The maximum atomic E-state index is 12.6. The Labute approximate surface area is 186 Å². The van der Waals surface area contributed by atoms with Crippen LogP contribution in [0, 0.1) is 16.7 Å². The summed E-state index contributed by atoms with van der Waals surface area (Å²) in [6.07, 6.45) is 6.17. The lowest BCUT2D eigenvalue weighted by Gasteiger charge is -2.39. The molecule has 1 fully saturated rings. The molecule has 160 valence electrons. The summed E-state index contributed by atoms with van der Waals surface area (Å²) < 4.78 is 6.27. The lowest BCUT2D eigenvalue weighted by Crippen LogP contribution is -2.56. The minimum Gasteiger partial charge on any atom is -0.486 e. The minimum absolute atomic E-state index is 0.140. The van der Waals surface area contributed by atoms with Gasteiger partial charge in [0.25, 0.3) is 5.91 Å². The molecule has 1 aromatic heterocycles. The molecule has 2 heterocycles. The molecule has 32 heavy (non-hydrogen) atoms. The maximum Gasteiger partial charge on any atom is 0.255 e. The number of carbonyl (C=O) groups is 1. The number of likely N-dealkylation sites (N-methyl/N-ethyl adjacent to an activating group) is 1. The number of amides is 1. The number of benzene rings is 2. The molecule has 0 bridgehead atoms. The topological polar surface area (TPSA) is 102 Å². The number of pyridine rings is 1. The van der Waals surface area contributed by atoms with Crippen molar-refractivity contribution in [3.05, 3.63) is 72.1 Å². The van der Waals surface area contributed by atoms with Crippen LogP contribution in [0.5, 0.6) is 5.75 Å². The third-order valence-corrected chi connectivity index (χ3v) is 5.40. The Hall–Kier alpha value is -4.02. The summed E-state index contributed by atoms with van der Waals surface area (Å²) >= 11 is 0. The Balaban J connectivity index is 1.56. The predicted molar refractivity (Wildman–Crippen MR) is 124 cm³/mol. The fraction of sp³-hybridized carbons (Fsp3) is 0.200. The van der Waals surface area contributed by atoms with E-state index in [0.29, 0.717) is 36.5 Å². The van der Waals surface area contributed by atoms with Gasteiger partial charge in [-0.3, -0.25) is 9.78 Å². The van der Waals surface area contributed by atoms with Crippen LogP contribution in [0.3, 0.4) is 0 Å². The molecule has 1 aliphatic rings. The fourth-order valence-electron chi connectivity index (χ4n) is 3.66. The molecule has 7 nitrogen and oxygen atoms in total. The summed E-state index contributed by atoms with van der Waals surface area (Å²) in [5.74, 6) is 0.534. The van der Waals surface area contributed by atoms with E-state index in [2.05, 4.69) is 22.4 Å². The van der Waals surface area contributed by atoms with E-state index in [4.69, 9.17) is 10.1 Å². The number of fused-ring (bicyclic) bond motifs is 1. The van der Waals surface area contributed by atoms with Crippen molar-refractivity contribution in [3.63, 3.8) is 0 Å². The Morgan fingerprint density at radius 1 is 1.31 bits per heavy atom. The standard InChI is InChI=1S/C25H23N5O2/c1-28-7-5-20(13-27)25(31)30-15-22(16-30)32-24-11-21(10-19-6-8-29-14-23(19)24)18-4-2-3-17(9-18)12-26/h2-6,8-11,13-14,22,27-28H,7,15-16H2,1H3/b20-5+,27-13?. The van der Waals surface area contributed by atoms with E-state index in [9.17, 15) is 10.1 Å². The number of nitrogens with zero attached hydrogens (tertiary/aromatic N) is 3. The first-order valence-corrected chi connectivity index (χ1v) is 10.3. The molecular weight excluding hydrogens is 402 g/mol. The third-order valence-electron chi connectivity index (χ3n) is 5.40. The van der Waals surface area contributed by atoms with Gasteiger partial charge in [-0.1, -0.05) is 18.2 Å². The van der Waals surface area contributed by atoms with Crippen molar-refractivity contribution in [2.75, 3.05) is 26.7 Å². The van der Waals surface area contributed by atoms with Crippen LogP contribution in [0.15, 0.2) is 66.5 Å². The summed E-state index contributed by atoms with van der Waals surface area (Å²) in [5.41, 5.74) is 2.85. The Kier molecular flexibility index (Phi) is 6.24. The van der Waals surface area contributed by atoms with Gasteiger partial charge >= 0.3 is 0 Å². The molecule has 0 aliphatic carbocycles. The number of hydrogen-bond donors (Lipinski definition) is 2. The Morgan fingerprint density at radius 3 is 2.91 bits per heavy atom. The number of nitriles is 1. The second-order valence-electron chi connectivity index (χ2n) is 7.58. The SMILES string of the molecule is CNC/C=C(\C=N)C(=O)N1CC(Oc2cc(-c3cccc(C#N)c3)cc3ccncc23)C1. The van der Waals surface area contributed by atoms with Gasteiger partial charge in [0.05, 0.1) is 30.3 Å². The second kappa shape index (κ2) is 9.41. The first-order chi connectivity index (χ1) is 15.6. The van der Waals surface area contributed by atoms with Crippen molar-refractivity contribution in [1.82, 2.24) is 15.2 Å². The highest BCUT2D eigenvalue weighted by molar-refractivity contribution is 6.11. The van der Waals surface area contributed by atoms with Crippen LogP contribution in [-0.4, -0.2) is 54.8 Å². The van der Waals surface area contributed by atoms with Gasteiger partial charge in [0.2, 0.25) is 0 Å². The van der Waals surface area contributed by atoms with Crippen LogP contribution in [0.1, 0.15) is 5.56 Å². The largest absolute Gasteiger partial charge is 0.486 e. The zero-order chi connectivity index (χ0) is 22.5. The normalized spacial score (nSPS) is 14.0. The predicted octanol–water partition coefficient (Wildman–Crippen LogP) is 3.16. The molecule has 1 aliphatic heterocycles. The van der Waals surface area contributed by atoms with Crippen molar-refractivity contribution in [3.8, 4) is 22.9 Å². The van der Waals surface area contributed by atoms with Gasteiger partial charge in [-0.25, -0.2) is 0 Å². The van der Waals surface area contributed by atoms with Gasteiger partial charge in [-0.2, -0.15) is 5.26 Å². The van der Waals surface area contributed by atoms with Gasteiger partial charge in [0, 0.05) is 30.5 Å². The van der Waals surface area contributed by atoms with E-state index in [-0.39, 0.29) is 12.0 Å². The number of rotatable bonds is 7. The van der Waals surface area contributed by atoms with Crippen LogP contribution < -0.4 is 10.1 Å². The van der Waals surface area contributed by atoms with E-state index in [1.807, 2.05) is 30.3 Å². The van der Waals surface area contributed by atoms with Crippen molar-refractivity contribution in [2.24, 2.45) is 0 Å². The monoisotopic (exact) mass is 425 g/mol. The number of ether oxygens (including phenoxy) is 1. The van der Waals surface area contributed by atoms with E-state index >= 15 is 0 Å². The molecule has 0 saturated carbocycles.